The number of amides is 1. The molecule has 0 saturated carbocycles. The van der Waals surface area contributed by atoms with E-state index in [0.717, 1.165) is 31.4 Å². The first-order chi connectivity index (χ1) is 13.0. The number of unbranched alkanes of at least 4 members (excludes halogenated alkanes) is 1. The lowest BCUT2D eigenvalue weighted by molar-refractivity contribution is 0.0952. The number of hydrogen-bond donors (Lipinski definition) is 1. The van der Waals surface area contributed by atoms with Crippen LogP contribution in [0.4, 0.5) is 0 Å². The second-order valence-corrected chi connectivity index (χ2v) is 6.72. The van der Waals surface area contributed by atoms with E-state index in [0.29, 0.717) is 41.8 Å². The van der Waals surface area contributed by atoms with E-state index in [-0.39, 0.29) is 5.91 Å². The molecule has 0 aliphatic carbocycles. The normalized spacial score (nSPS) is 10.7. The van der Waals surface area contributed by atoms with Crippen LogP contribution in [-0.2, 0) is 6.54 Å². The molecule has 0 saturated heterocycles. The summed E-state index contributed by atoms with van der Waals surface area (Å²) in [5, 5.41) is 7.52. The molecule has 1 aromatic carbocycles. The van der Waals surface area contributed by atoms with E-state index in [9.17, 15) is 4.79 Å². The fourth-order valence-electron chi connectivity index (χ4n) is 2.55. The van der Waals surface area contributed by atoms with Gasteiger partial charge in [-0.1, -0.05) is 24.9 Å². The molecule has 6 nitrogen and oxygen atoms in total. The van der Waals surface area contributed by atoms with Crippen LogP contribution >= 0.6 is 11.6 Å². The largest absolute Gasteiger partial charge is 0.490 e. The Hall–Kier alpha value is -2.21. The Kier molecular flexibility index (Phi) is 8.45. The molecule has 1 heterocycles. The summed E-state index contributed by atoms with van der Waals surface area (Å²) < 4.78 is 13.2. The van der Waals surface area contributed by atoms with Gasteiger partial charge in [0.1, 0.15) is 0 Å². The van der Waals surface area contributed by atoms with Gasteiger partial charge in [-0.2, -0.15) is 5.10 Å². The smallest absolute Gasteiger partial charge is 0.251 e. The zero-order valence-corrected chi connectivity index (χ0v) is 17.0. The Labute approximate surface area is 165 Å². The molecule has 27 heavy (non-hydrogen) atoms. The average Bonchev–Trinajstić information content (AvgIpc) is 3.06. The number of aromatic nitrogens is 2. The molecule has 0 aliphatic rings. The fourth-order valence-corrected chi connectivity index (χ4v) is 2.82. The molecule has 148 valence electrons. The van der Waals surface area contributed by atoms with Crippen molar-refractivity contribution >= 4 is 17.5 Å². The van der Waals surface area contributed by atoms with E-state index in [1.807, 2.05) is 30.9 Å². The second kappa shape index (κ2) is 10.8. The molecule has 0 radical (unpaired) electrons. The van der Waals surface area contributed by atoms with Gasteiger partial charge in [-0.15, -0.1) is 0 Å². The summed E-state index contributed by atoms with van der Waals surface area (Å²) in [6.07, 6.45) is 6.55. The van der Waals surface area contributed by atoms with Crippen LogP contribution in [0.3, 0.4) is 0 Å². The van der Waals surface area contributed by atoms with E-state index in [1.54, 1.807) is 12.1 Å². The van der Waals surface area contributed by atoms with E-state index in [4.69, 9.17) is 21.1 Å². The number of ether oxygens (including phenoxy) is 2. The van der Waals surface area contributed by atoms with Crippen molar-refractivity contribution < 1.29 is 14.3 Å². The summed E-state index contributed by atoms with van der Waals surface area (Å²) in [6, 6.07) is 3.31. The summed E-state index contributed by atoms with van der Waals surface area (Å²) >= 11 is 6.34. The summed E-state index contributed by atoms with van der Waals surface area (Å²) in [5.41, 5.74) is 1.58. The van der Waals surface area contributed by atoms with Gasteiger partial charge in [0.05, 0.1) is 24.4 Å². The predicted molar refractivity (Wildman–Crippen MR) is 107 cm³/mol. The Morgan fingerprint density at radius 3 is 2.74 bits per heavy atom. The molecule has 2 aromatic rings. The summed E-state index contributed by atoms with van der Waals surface area (Å²) in [4.78, 5) is 12.5. The van der Waals surface area contributed by atoms with Gasteiger partial charge in [-0.3, -0.25) is 9.48 Å². The van der Waals surface area contributed by atoms with Gasteiger partial charge in [0.2, 0.25) is 0 Å². The number of hydrogen-bond acceptors (Lipinski definition) is 4. The molecule has 0 atom stereocenters. The summed E-state index contributed by atoms with van der Waals surface area (Å²) in [6.45, 7) is 8.31. The number of nitrogens with zero attached hydrogens (tertiary/aromatic N) is 2. The Balaban J connectivity index is 1.95. The van der Waals surface area contributed by atoms with Crippen LogP contribution in [0.25, 0.3) is 0 Å². The third kappa shape index (κ3) is 6.47. The minimum atomic E-state index is -0.186. The predicted octanol–water partition coefficient (Wildman–Crippen LogP) is 4.24. The van der Waals surface area contributed by atoms with Gasteiger partial charge in [0, 0.05) is 24.8 Å². The molecule has 0 fully saturated rings. The average molecular weight is 394 g/mol. The topological polar surface area (TPSA) is 65.4 Å². The highest BCUT2D eigenvalue weighted by Crippen LogP contribution is 2.36. The molecular weight excluding hydrogens is 366 g/mol. The molecule has 7 heteroatoms. The van der Waals surface area contributed by atoms with Crippen LogP contribution in [0.2, 0.25) is 5.02 Å². The molecule has 1 aromatic heterocycles. The van der Waals surface area contributed by atoms with Crippen molar-refractivity contribution in [2.45, 2.75) is 46.6 Å². The maximum Gasteiger partial charge on any atom is 0.251 e. The summed E-state index contributed by atoms with van der Waals surface area (Å²) in [7, 11) is 0. The van der Waals surface area contributed by atoms with Crippen LogP contribution in [-0.4, -0.2) is 35.4 Å². The van der Waals surface area contributed by atoms with Crippen LogP contribution in [0, 0.1) is 6.92 Å². The van der Waals surface area contributed by atoms with Crippen molar-refractivity contribution in [2.75, 3.05) is 19.8 Å². The van der Waals surface area contributed by atoms with Crippen LogP contribution in [0.1, 0.15) is 49.0 Å². The van der Waals surface area contributed by atoms with Crippen molar-refractivity contribution in [3.8, 4) is 11.5 Å². The minimum Gasteiger partial charge on any atom is -0.490 e. The maximum absolute atomic E-state index is 12.5. The first kappa shape index (κ1) is 21.1. The maximum atomic E-state index is 12.5. The highest BCUT2D eigenvalue weighted by atomic mass is 35.5. The molecule has 0 bridgehead atoms. The van der Waals surface area contributed by atoms with E-state index < -0.39 is 0 Å². The quantitative estimate of drug-likeness (QED) is 0.580. The van der Waals surface area contributed by atoms with Crippen LogP contribution in [0.15, 0.2) is 24.5 Å². The third-order valence-electron chi connectivity index (χ3n) is 3.93. The lowest BCUT2D eigenvalue weighted by atomic mass is 10.2. The molecule has 2 rings (SSSR count). The van der Waals surface area contributed by atoms with E-state index in [2.05, 4.69) is 17.3 Å². The molecule has 1 N–H and O–H groups in total. The van der Waals surface area contributed by atoms with Gasteiger partial charge in [-0.25, -0.2) is 0 Å². The standard InChI is InChI=1S/C20H28ClN3O3/c1-4-6-10-27-19-17(21)11-16(12-18(19)26-5-2)20(25)22-8-7-9-24-14-15(3)13-23-24/h11-14H,4-10H2,1-3H3,(H,22,25). The minimum absolute atomic E-state index is 0.186. The van der Waals surface area contributed by atoms with Crippen molar-refractivity contribution in [3.05, 3.63) is 40.7 Å². The fraction of sp³-hybridized carbons (Fsp3) is 0.500. The van der Waals surface area contributed by atoms with Gasteiger partial charge in [0.25, 0.3) is 5.91 Å². The second-order valence-electron chi connectivity index (χ2n) is 6.31. The number of carbonyl (C=O) groups is 1. The van der Waals surface area contributed by atoms with Crippen molar-refractivity contribution in [3.63, 3.8) is 0 Å². The molecular formula is C20H28ClN3O3. The first-order valence-electron chi connectivity index (χ1n) is 9.41. The first-order valence-corrected chi connectivity index (χ1v) is 9.79. The van der Waals surface area contributed by atoms with Crippen molar-refractivity contribution in [1.82, 2.24) is 15.1 Å². The molecule has 1 amide bonds. The Morgan fingerprint density at radius 2 is 2.07 bits per heavy atom. The zero-order chi connectivity index (χ0) is 19.6. The molecule has 0 spiro atoms. The van der Waals surface area contributed by atoms with Crippen molar-refractivity contribution in [1.29, 1.82) is 0 Å². The SMILES string of the molecule is CCCCOc1c(Cl)cc(C(=O)NCCCn2cc(C)cn2)cc1OCC. The number of benzene rings is 1. The van der Waals surface area contributed by atoms with E-state index >= 15 is 0 Å². The molecule has 0 unspecified atom stereocenters. The molecule has 0 aliphatic heterocycles. The Bertz CT molecular complexity index is 746. The van der Waals surface area contributed by atoms with Crippen LogP contribution < -0.4 is 14.8 Å². The number of carbonyl (C=O) groups excluding carboxylic acids is 1. The highest BCUT2D eigenvalue weighted by molar-refractivity contribution is 6.32. The number of aryl methyl sites for hydroxylation is 2. The lowest BCUT2D eigenvalue weighted by Crippen LogP contribution is -2.25. The van der Waals surface area contributed by atoms with Crippen LogP contribution in [0.5, 0.6) is 11.5 Å². The summed E-state index contributed by atoms with van der Waals surface area (Å²) in [5.74, 6) is 0.811. The van der Waals surface area contributed by atoms with Gasteiger partial charge < -0.3 is 14.8 Å². The van der Waals surface area contributed by atoms with Gasteiger partial charge >= 0.3 is 0 Å². The number of halogens is 1. The van der Waals surface area contributed by atoms with E-state index in [1.165, 1.54) is 0 Å². The lowest BCUT2D eigenvalue weighted by Gasteiger charge is -2.15. The van der Waals surface area contributed by atoms with Gasteiger partial charge in [-0.05, 0) is 44.4 Å². The highest BCUT2D eigenvalue weighted by Gasteiger charge is 2.16. The number of nitrogens with one attached hydrogen (secondary N) is 1. The van der Waals surface area contributed by atoms with Gasteiger partial charge in [0.15, 0.2) is 11.5 Å². The Morgan fingerprint density at radius 1 is 1.26 bits per heavy atom. The number of rotatable bonds is 11. The van der Waals surface area contributed by atoms with Crippen molar-refractivity contribution in [2.24, 2.45) is 0 Å². The monoisotopic (exact) mass is 393 g/mol. The third-order valence-corrected chi connectivity index (χ3v) is 4.21. The zero-order valence-electron chi connectivity index (χ0n) is 16.3.